The van der Waals surface area contributed by atoms with Crippen molar-refractivity contribution in [2.45, 2.75) is 39.7 Å². The summed E-state index contributed by atoms with van der Waals surface area (Å²) in [5, 5.41) is 3.52. The van der Waals surface area contributed by atoms with Gasteiger partial charge in [0.1, 0.15) is 0 Å². The summed E-state index contributed by atoms with van der Waals surface area (Å²) in [5.41, 5.74) is 0. The molecule has 1 unspecified atom stereocenters. The molecule has 0 saturated heterocycles. The Balaban J connectivity index is 3.56. The van der Waals surface area contributed by atoms with Crippen LogP contribution in [0.1, 0.15) is 33.6 Å². The monoisotopic (exact) mass is 199 g/mol. The molecule has 0 aromatic rings. The lowest BCUT2D eigenvalue weighted by atomic mass is 10.1. The summed E-state index contributed by atoms with van der Waals surface area (Å²) >= 11 is 0. The van der Waals surface area contributed by atoms with Crippen molar-refractivity contribution in [3.8, 4) is 0 Å². The second kappa shape index (κ2) is 9.22. The van der Waals surface area contributed by atoms with E-state index in [4.69, 9.17) is 4.74 Å². The molecule has 0 spiro atoms. The van der Waals surface area contributed by atoms with Crippen LogP contribution in [0.25, 0.3) is 0 Å². The quantitative estimate of drug-likeness (QED) is 0.455. The maximum absolute atomic E-state index is 5.43. The molecule has 0 aromatic heterocycles. The van der Waals surface area contributed by atoms with Gasteiger partial charge in [-0.25, -0.2) is 0 Å². The first kappa shape index (κ1) is 13.7. The summed E-state index contributed by atoms with van der Waals surface area (Å²) in [7, 11) is 0. The topological polar surface area (TPSA) is 21.3 Å². The molecule has 0 radical (unpaired) electrons. The summed E-state index contributed by atoms with van der Waals surface area (Å²) in [6.45, 7) is 12.9. The van der Waals surface area contributed by atoms with Crippen molar-refractivity contribution in [1.29, 1.82) is 0 Å². The number of unbranched alkanes of at least 4 members (excludes halogenated alkanes) is 1. The molecular formula is C12H25NO. The van der Waals surface area contributed by atoms with Crippen molar-refractivity contribution < 1.29 is 4.74 Å². The fraction of sp³-hybridized carbons (Fsp3) is 0.833. The van der Waals surface area contributed by atoms with E-state index in [-0.39, 0.29) is 0 Å². The molecule has 2 nitrogen and oxygen atoms in total. The second-order valence-electron chi connectivity index (χ2n) is 3.90. The van der Waals surface area contributed by atoms with Crippen molar-refractivity contribution in [3.05, 3.63) is 12.7 Å². The average Bonchev–Trinajstić information content (AvgIpc) is 2.16. The van der Waals surface area contributed by atoms with Crippen LogP contribution >= 0.6 is 0 Å². The van der Waals surface area contributed by atoms with Crippen LogP contribution in [0.15, 0.2) is 12.7 Å². The van der Waals surface area contributed by atoms with Gasteiger partial charge in [-0.15, -0.1) is 6.58 Å². The summed E-state index contributed by atoms with van der Waals surface area (Å²) in [6, 6.07) is 0.486. The minimum Gasteiger partial charge on any atom is -0.380 e. The molecule has 0 rings (SSSR count). The van der Waals surface area contributed by atoms with E-state index < -0.39 is 0 Å². The Kier molecular flexibility index (Phi) is 9.00. The average molecular weight is 199 g/mol. The molecule has 0 amide bonds. The van der Waals surface area contributed by atoms with Gasteiger partial charge in [-0.2, -0.15) is 0 Å². The Bertz CT molecular complexity index is 134. The van der Waals surface area contributed by atoms with Gasteiger partial charge in [0.25, 0.3) is 0 Å². The number of hydrogen-bond donors (Lipinski definition) is 1. The summed E-state index contributed by atoms with van der Waals surface area (Å²) in [4.78, 5) is 0. The van der Waals surface area contributed by atoms with E-state index in [9.17, 15) is 0 Å². The summed E-state index contributed by atoms with van der Waals surface area (Å²) in [5.74, 6) is 0.630. The highest BCUT2D eigenvalue weighted by Crippen LogP contribution is 2.02. The fourth-order valence-corrected chi connectivity index (χ4v) is 1.27. The molecular weight excluding hydrogens is 174 g/mol. The molecule has 0 aliphatic heterocycles. The van der Waals surface area contributed by atoms with Crippen LogP contribution in [0.5, 0.6) is 0 Å². The SMILES string of the molecule is C=CCCCNC(COCC)C(C)C. The van der Waals surface area contributed by atoms with E-state index in [1.807, 2.05) is 13.0 Å². The molecule has 0 bridgehead atoms. The van der Waals surface area contributed by atoms with E-state index in [2.05, 4.69) is 25.7 Å². The van der Waals surface area contributed by atoms with Gasteiger partial charge in [0.05, 0.1) is 6.61 Å². The maximum Gasteiger partial charge on any atom is 0.0621 e. The Hall–Kier alpha value is -0.340. The molecule has 0 aliphatic carbocycles. The maximum atomic E-state index is 5.43. The van der Waals surface area contributed by atoms with Gasteiger partial charge in [0, 0.05) is 12.6 Å². The van der Waals surface area contributed by atoms with E-state index >= 15 is 0 Å². The minimum atomic E-state index is 0.486. The number of rotatable bonds is 9. The van der Waals surface area contributed by atoms with Gasteiger partial charge in [-0.05, 0) is 32.2 Å². The Morgan fingerprint density at radius 3 is 2.64 bits per heavy atom. The number of ether oxygens (including phenoxy) is 1. The van der Waals surface area contributed by atoms with Crippen molar-refractivity contribution in [3.63, 3.8) is 0 Å². The molecule has 2 heteroatoms. The van der Waals surface area contributed by atoms with Gasteiger partial charge >= 0.3 is 0 Å². The minimum absolute atomic E-state index is 0.486. The molecule has 14 heavy (non-hydrogen) atoms. The summed E-state index contributed by atoms with van der Waals surface area (Å²) in [6.07, 6.45) is 4.22. The Morgan fingerprint density at radius 2 is 2.14 bits per heavy atom. The van der Waals surface area contributed by atoms with Crippen LogP contribution in [-0.4, -0.2) is 25.8 Å². The fourth-order valence-electron chi connectivity index (χ4n) is 1.27. The van der Waals surface area contributed by atoms with Crippen LogP contribution < -0.4 is 5.32 Å². The smallest absolute Gasteiger partial charge is 0.0621 e. The van der Waals surface area contributed by atoms with E-state index in [1.54, 1.807) is 0 Å². The molecule has 0 saturated carbocycles. The third-order valence-electron chi connectivity index (χ3n) is 2.30. The Labute approximate surface area is 88.7 Å². The normalized spacial score (nSPS) is 13.1. The van der Waals surface area contributed by atoms with Gasteiger partial charge in [0.2, 0.25) is 0 Å². The first-order valence-corrected chi connectivity index (χ1v) is 5.64. The first-order chi connectivity index (χ1) is 6.72. The van der Waals surface area contributed by atoms with Crippen LogP contribution in [-0.2, 0) is 4.74 Å². The Morgan fingerprint density at radius 1 is 1.43 bits per heavy atom. The van der Waals surface area contributed by atoms with E-state index in [1.165, 1.54) is 6.42 Å². The van der Waals surface area contributed by atoms with Gasteiger partial charge in [0.15, 0.2) is 0 Å². The third kappa shape index (κ3) is 7.10. The molecule has 0 fully saturated rings. The highest BCUT2D eigenvalue weighted by Gasteiger charge is 2.11. The van der Waals surface area contributed by atoms with Crippen LogP contribution in [0, 0.1) is 5.92 Å². The van der Waals surface area contributed by atoms with Crippen molar-refractivity contribution in [2.24, 2.45) is 5.92 Å². The van der Waals surface area contributed by atoms with Crippen molar-refractivity contribution >= 4 is 0 Å². The second-order valence-corrected chi connectivity index (χ2v) is 3.90. The molecule has 1 N–H and O–H groups in total. The number of hydrogen-bond acceptors (Lipinski definition) is 2. The molecule has 0 aromatic carbocycles. The molecule has 84 valence electrons. The zero-order chi connectivity index (χ0) is 10.8. The van der Waals surface area contributed by atoms with E-state index in [0.717, 1.165) is 26.2 Å². The predicted molar refractivity (Wildman–Crippen MR) is 62.6 cm³/mol. The largest absolute Gasteiger partial charge is 0.380 e. The lowest BCUT2D eigenvalue weighted by Gasteiger charge is -2.22. The van der Waals surface area contributed by atoms with Crippen molar-refractivity contribution in [1.82, 2.24) is 5.32 Å². The van der Waals surface area contributed by atoms with Gasteiger partial charge in [-0.3, -0.25) is 0 Å². The van der Waals surface area contributed by atoms with Crippen LogP contribution in [0.2, 0.25) is 0 Å². The lowest BCUT2D eigenvalue weighted by molar-refractivity contribution is 0.108. The molecule has 0 heterocycles. The summed E-state index contributed by atoms with van der Waals surface area (Å²) < 4.78 is 5.43. The number of allylic oxidation sites excluding steroid dienone is 1. The molecule has 0 aliphatic rings. The first-order valence-electron chi connectivity index (χ1n) is 5.64. The zero-order valence-corrected chi connectivity index (χ0v) is 9.88. The highest BCUT2D eigenvalue weighted by molar-refractivity contribution is 4.72. The van der Waals surface area contributed by atoms with Crippen molar-refractivity contribution in [2.75, 3.05) is 19.8 Å². The predicted octanol–water partition coefficient (Wildman–Crippen LogP) is 2.60. The van der Waals surface area contributed by atoms with Crippen LogP contribution in [0.4, 0.5) is 0 Å². The van der Waals surface area contributed by atoms with Gasteiger partial charge < -0.3 is 10.1 Å². The van der Waals surface area contributed by atoms with Crippen LogP contribution in [0.3, 0.4) is 0 Å². The zero-order valence-electron chi connectivity index (χ0n) is 9.88. The van der Waals surface area contributed by atoms with Gasteiger partial charge in [-0.1, -0.05) is 19.9 Å². The van der Waals surface area contributed by atoms with E-state index in [0.29, 0.717) is 12.0 Å². The lowest BCUT2D eigenvalue weighted by Crippen LogP contribution is -2.38. The third-order valence-corrected chi connectivity index (χ3v) is 2.30. The number of nitrogens with one attached hydrogen (secondary N) is 1. The standard InChI is InChI=1S/C12H25NO/c1-5-7-8-9-13-12(11(3)4)10-14-6-2/h5,11-13H,1,6-10H2,2-4H3. The molecule has 1 atom stereocenters. The highest BCUT2D eigenvalue weighted by atomic mass is 16.5.